The maximum absolute atomic E-state index is 12.6. The van der Waals surface area contributed by atoms with E-state index in [-0.39, 0.29) is 11.8 Å². The zero-order chi connectivity index (χ0) is 25.6. The lowest BCUT2D eigenvalue weighted by Gasteiger charge is -2.11. The van der Waals surface area contributed by atoms with E-state index in [1.54, 1.807) is 29.9 Å². The molecule has 1 aliphatic carbocycles. The molecule has 6 heterocycles. The number of pyridine rings is 3. The lowest BCUT2D eigenvalue weighted by molar-refractivity contribution is -0.119. The topological polar surface area (TPSA) is 112 Å². The van der Waals surface area contributed by atoms with Crippen molar-refractivity contribution in [3.63, 3.8) is 0 Å². The predicted molar refractivity (Wildman–Crippen MR) is 151 cm³/mol. The van der Waals surface area contributed by atoms with E-state index in [2.05, 4.69) is 60.6 Å². The second-order valence-corrected chi connectivity index (χ2v) is 11.1. The number of aromatic amines is 2. The molecule has 1 amide bonds. The molecule has 0 radical (unpaired) electrons. The SMILES string of the molecule is Cc1ccc(-c2nccc3[nH]c(-c4n[nH]c5cnc(-c6cncc(NC(=O)C7CCCC7)c6)cc45)cc23)s1. The Morgan fingerprint density at radius 3 is 2.68 bits per heavy atom. The Labute approximate surface area is 222 Å². The zero-order valence-corrected chi connectivity index (χ0v) is 21.6. The van der Waals surface area contributed by atoms with Gasteiger partial charge in [-0.15, -0.1) is 11.3 Å². The number of carbonyl (C=O) groups excluding carboxylic acids is 1. The summed E-state index contributed by atoms with van der Waals surface area (Å²) in [5.41, 5.74) is 6.82. The summed E-state index contributed by atoms with van der Waals surface area (Å²) in [6, 6.07) is 12.3. The molecule has 0 saturated heterocycles. The van der Waals surface area contributed by atoms with Crippen molar-refractivity contribution in [1.82, 2.24) is 30.1 Å². The number of aromatic nitrogens is 6. The van der Waals surface area contributed by atoms with Gasteiger partial charge in [-0.25, -0.2) is 0 Å². The van der Waals surface area contributed by atoms with Gasteiger partial charge in [-0.3, -0.25) is 24.8 Å². The third kappa shape index (κ3) is 4.05. The minimum atomic E-state index is 0.0763. The molecule has 7 rings (SSSR count). The fourth-order valence-corrected chi connectivity index (χ4v) is 6.18. The number of hydrogen-bond acceptors (Lipinski definition) is 6. The van der Waals surface area contributed by atoms with Gasteiger partial charge in [-0.05, 0) is 56.2 Å². The number of fused-ring (bicyclic) bond motifs is 2. The summed E-state index contributed by atoms with van der Waals surface area (Å²) in [7, 11) is 0. The summed E-state index contributed by atoms with van der Waals surface area (Å²) in [6.07, 6.45) is 11.2. The molecular weight excluding hydrogens is 494 g/mol. The Morgan fingerprint density at radius 1 is 0.974 bits per heavy atom. The molecule has 0 spiro atoms. The van der Waals surface area contributed by atoms with Crippen molar-refractivity contribution < 1.29 is 4.79 Å². The van der Waals surface area contributed by atoms with Crippen LogP contribution >= 0.6 is 11.3 Å². The summed E-state index contributed by atoms with van der Waals surface area (Å²) >= 11 is 1.74. The van der Waals surface area contributed by atoms with E-state index >= 15 is 0 Å². The van der Waals surface area contributed by atoms with Crippen molar-refractivity contribution in [2.24, 2.45) is 5.92 Å². The molecule has 0 atom stereocenters. The van der Waals surface area contributed by atoms with Crippen molar-refractivity contribution in [2.45, 2.75) is 32.6 Å². The van der Waals surface area contributed by atoms with Crippen molar-refractivity contribution in [3.05, 3.63) is 66.1 Å². The van der Waals surface area contributed by atoms with Gasteiger partial charge in [0.15, 0.2) is 0 Å². The Bertz CT molecular complexity index is 1810. The molecular formula is C29H25N7OS. The highest BCUT2D eigenvalue weighted by atomic mass is 32.1. The number of H-pyrrole nitrogens is 2. The first-order valence-electron chi connectivity index (χ1n) is 12.8. The lowest BCUT2D eigenvalue weighted by Crippen LogP contribution is -2.20. The lowest BCUT2D eigenvalue weighted by atomic mass is 10.1. The van der Waals surface area contributed by atoms with Gasteiger partial charge in [-0.1, -0.05) is 12.8 Å². The second kappa shape index (κ2) is 9.18. The Morgan fingerprint density at radius 2 is 1.84 bits per heavy atom. The summed E-state index contributed by atoms with van der Waals surface area (Å²) in [5, 5.41) is 12.8. The van der Waals surface area contributed by atoms with Crippen molar-refractivity contribution in [3.8, 4) is 33.2 Å². The van der Waals surface area contributed by atoms with Crippen LogP contribution in [-0.2, 0) is 4.79 Å². The van der Waals surface area contributed by atoms with E-state index in [0.717, 1.165) is 80.7 Å². The van der Waals surface area contributed by atoms with Crippen LogP contribution in [0.4, 0.5) is 5.69 Å². The highest BCUT2D eigenvalue weighted by Crippen LogP contribution is 2.36. The minimum Gasteiger partial charge on any atom is -0.353 e. The van der Waals surface area contributed by atoms with E-state index in [0.29, 0.717) is 5.69 Å². The van der Waals surface area contributed by atoms with Gasteiger partial charge in [0.25, 0.3) is 0 Å². The molecule has 1 saturated carbocycles. The van der Waals surface area contributed by atoms with Crippen LogP contribution in [0.3, 0.4) is 0 Å². The van der Waals surface area contributed by atoms with Gasteiger partial charge in [0.05, 0.1) is 45.6 Å². The van der Waals surface area contributed by atoms with Gasteiger partial charge >= 0.3 is 0 Å². The highest BCUT2D eigenvalue weighted by Gasteiger charge is 2.23. The first-order chi connectivity index (χ1) is 18.6. The number of nitrogens with zero attached hydrogens (tertiary/aromatic N) is 4. The number of amides is 1. The Hall–Kier alpha value is -4.37. The maximum Gasteiger partial charge on any atom is 0.227 e. The number of thiophene rings is 1. The fraction of sp³-hybridized carbons (Fsp3) is 0.207. The van der Waals surface area contributed by atoms with Crippen LogP contribution < -0.4 is 5.32 Å². The van der Waals surface area contributed by atoms with Gasteiger partial charge in [0.2, 0.25) is 5.91 Å². The molecule has 0 bridgehead atoms. The fourth-order valence-electron chi connectivity index (χ4n) is 5.30. The Balaban J connectivity index is 1.24. The number of rotatable bonds is 5. The van der Waals surface area contributed by atoms with Crippen LogP contribution in [0.2, 0.25) is 0 Å². The highest BCUT2D eigenvalue weighted by molar-refractivity contribution is 7.15. The van der Waals surface area contributed by atoms with Crippen LogP contribution in [-0.4, -0.2) is 36.0 Å². The second-order valence-electron chi connectivity index (χ2n) is 9.83. The molecule has 38 heavy (non-hydrogen) atoms. The number of hydrogen-bond donors (Lipinski definition) is 3. The van der Waals surface area contributed by atoms with Gasteiger partial charge in [0, 0.05) is 45.0 Å². The van der Waals surface area contributed by atoms with Gasteiger partial charge in [0.1, 0.15) is 5.69 Å². The van der Waals surface area contributed by atoms with Crippen LogP contribution in [0, 0.1) is 12.8 Å². The Kier molecular flexibility index (Phi) is 5.51. The third-order valence-corrected chi connectivity index (χ3v) is 8.26. The number of carbonyl (C=O) groups is 1. The van der Waals surface area contributed by atoms with Gasteiger partial charge in [-0.2, -0.15) is 5.10 Å². The third-order valence-electron chi connectivity index (χ3n) is 7.25. The summed E-state index contributed by atoms with van der Waals surface area (Å²) in [6.45, 7) is 2.10. The smallest absolute Gasteiger partial charge is 0.227 e. The molecule has 6 aromatic heterocycles. The van der Waals surface area contributed by atoms with Crippen molar-refractivity contribution >= 4 is 44.7 Å². The quantitative estimate of drug-likeness (QED) is 0.234. The molecule has 9 heteroatoms. The molecule has 3 N–H and O–H groups in total. The molecule has 0 aromatic carbocycles. The maximum atomic E-state index is 12.6. The zero-order valence-electron chi connectivity index (χ0n) is 20.8. The van der Waals surface area contributed by atoms with Crippen LogP contribution in [0.5, 0.6) is 0 Å². The summed E-state index contributed by atoms with van der Waals surface area (Å²) < 4.78 is 0. The monoisotopic (exact) mass is 519 g/mol. The average Bonchev–Trinajstić information content (AvgIpc) is 3.74. The minimum absolute atomic E-state index is 0.0763. The average molecular weight is 520 g/mol. The van der Waals surface area contributed by atoms with Crippen molar-refractivity contribution in [1.29, 1.82) is 0 Å². The first-order valence-corrected chi connectivity index (χ1v) is 13.6. The molecule has 1 aliphatic rings. The van der Waals surface area contributed by atoms with E-state index in [4.69, 9.17) is 0 Å². The molecule has 8 nitrogen and oxygen atoms in total. The standard InChI is InChI=1S/C29H25N7OS/c1-16-6-7-26(38-16)28-20-12-24(34-22(20)8-9-31-28)27-21-11-23(32-15-25(21)35-36-27)18-10-19(14-30-13-18)33-29(37)17-4-2-3-5-17/h6-15,17,34H,2-5H2,1H3,(H,33,37)(H,35,36). The van der Waals surface area contributed by atoms with Crippen LogP contribution in [0.25, 0.3) is 55.0 Å². The normalized spacial score (nSPS) is 14.0. The van der Waals surface area contributed by atoms with Crippen molar-refractivity contribution in [2.75, 3.05) is 5.32 Å². The number of anilines is 1. The van der Waals surface area contributed by atoms with E-state index < -0.39 is 0 Å². The molecule has 6 aromatic rings. The summed E-state index contributed by atoms with van der Waals surface area (Å²) in [5.74, 6) is 0.171. The van der Waals surface area contributed by atoms with E-state index in [1.165, 1.54) is 4.88 Å². The number of nitrogens with one attached hydrogen (secondary N) is 3. The number of aryl methyl sites for hydroxylation is 1. The van der Waals surface area contributed by atoms with Gasteiger partial charge < -0.3 is 10.3 Å². The molecule has 0 aliphatic heterocycles. The molecule has 0 unspecified atom stereocenters. The molecule has 1 fully saturated rings. The predicted octanol–water partition coefficient (Wildman–Crippen LogP) is 6.73. The van der Waals surface area contributed by atoms with E-state index in [9.17, 15) is 4.79 Å². The summed E-state index contributed by atoms with van der Waals surface area (Å²) in [4.78, 5) is 32.2. The largest absolute Gasteiger partial charge is 0.353 e. The molecule has 188 valence electrons. The van der Waals surface area contributed by atoms with Crippen LogP contribution in [0.1, 0.15) is 30.6 Å². The first kappa shape index (κ1) is 22.8. The van der Waals surface area contributed by atoms with Crippen LogP contribution in [0.15, 0.2) is 61.2 Å². The van der Waals surface area contributed by atoms with E-state index in [1.807, 2.05) is 24.4 Å².